The molecule has 2 aliphatic heterocycles. The minimum absolute atomic E-state index is 0.115. The normalized spacial score (nSPS) is 19.5. The lowest BCUT2D eigenvalue weighted by atomic mass is 9.94. The fourth-order valence-corrected chi connectivity index (χ4v) is 5.04. The number of rotatable bonds is 10. The molecule has 2 aromatic rings. The van der Waals surface area contributed by atoms with Gasteiger partial charge in [0.15, 0.2) is 11.5 Å². The zero-order chi connectivity index (χ0) is 27.2. The molecular formula is C28H34N2O8. The number of nitrogens with one attached hydrogen (secondary N) is 1. The lowest BCUT2D eigenvalue weighted by Gasteiger charge is -2.29. The Morgan fingerprint density at radius 2 is 1.68 bits per heavy atom. The van der Waals surface area contributed by atoms with E-state index in [0.29, 0.717) is 54.7 Å². The van der Waals surface area contributed by atoms with E-state index in [2.05, 4.69) is 0 Å². The van der Waals surface area contributed by atoms with Crippen molar-refractivity contribution in [2.45, 2.75) is 12.5 Å². The van der Waals surface area contributed by atoms with Gasteiger partial charge in [0.25, 0.3) is 5.91 Å². The Labute approximate surface area is 222 Å². The molecule has 10 nitrogen and oxygen atoms in total. The van der Waals surface area contributed by atoms with Gasteiger partial charge in [-0.15, -0.1) is 0 Å². The summed E-state index contributed by atoms with van der Waals surface area (Å²) in [5.74, 6) is -0.468. The summed E-state index contributed by atoms with van der Waals surface area (Å²) in [5, 5.41) is 13.8. The highest BCUT2D eigenvalue weighted by molar-refractivity contribution is 6.46. The number of ketones is 1. The smallest absolute Gasteiger partial charge is 0.295 e. The number of Topliss-reactive ketones (excluding diaryl/α,β-unsaturated/α-hetero) is 1. The zero-order valence-corrected chi connectivity index (χ0v) is 22.2. The molecule has 38 heavy (non-hydrogen) atoms. The molecule has 4 rings (SSSR count). The first-order valence-corrected chi connectivity index (χ1v) is 12.6. The standard InChI is InChI=1S/C28H34N2O8/c1-34-20-8-5-7-18(15-20)25(31)23-24(19-16-21(35-2)27(37-4)22(17-19)36-3)30(28(33)26(23)32)10-6-9-29-11-13-38-14-12-29/h5,7-8,15-17,24,31H,6,9-14H2,1-4H3. The van der Waals surface area contributed by atoms with Gasteiger partial charge in [0.1, 0.15) is 18.8 Å². The van der Waals surface area contributed by atoms with E-state index in [1.54, 1.807) is 36.4 Å². The van der Waals surface area contributed by atoms with E-state index in [0.717, 1.165) is 19.6 Å². The monoisotopic (exact) mass is 526 g/mol. The van der Waals surface area contributed by atoms with Crippen LogP contribution in [0.3, 0.4) is 0 Å². The number of nitrogens with zero attached hydrogens (tertiary/aromatic N) is 1. The number of methoxy groups -OCH3 is 4. The van der Waals surface area contributed by atoms with Crippen molar-refractivity contribution in [3.05, 3.63) is 53.1 Å². The highest BCUT2D eigenvalue weighted by Crippen LogP contribution is 2.45. The van der Waals surface area contributed by atoms with Gasteiger partial charge in [-0.3, -0.25) is 9.59 Å². The lowest BCUT2D eigenvalue weighted by molar-refractivity contribution is -0.908. The fraction of sp³-hybridized carbons (Fsp3) is 0.429. The van der Waals surface area contributed by atoms with Crippen molar-refractivity contribution < 1.29 is 43.3 Å². The molecule has 2 fully saturated rings. The molecule has 0 saturated carbocycles. The molecule has 0 spiro atoms. The zero-order valence-electron chi connectivity index (χ0n) is 22.2. The number of quaternary nitrogens is 1. The molecular weight excluding hydrogens is 492 g/mol. The van der Waals surface area contributed by atoms with Crippen molar-refractivity contribution in [3.8, 4) is 23.0 Å². The van der Waals surface area contributed by atoms with Crippen molar-refractivity contribution in [2.24, 2.45) is 0 Å². The predicted octanol–water partition coefficient (Wildman–Crippen LogP) is 0.250. The van der Waals surface area contributed by atoms with Gasteiger partial charge in [-0.25, -0.2) is 0 Å². The van der Waals surface area contributed by atoms with Crippen molar-refractivity contribution >= 4 is 17.4 Å². The maximum atomic E-state index is 13.8. The van der Waals surface area contributed by atoms with Crippen LogP contribution in [0.2, 0.25) is 0 Å². The van der Waals surface area contributed by atoms with Crippen LogP contribution in [0, 0.1) is 0 Å². The predicted molar refractivity (Wildman–Crippen MR) is 136 cm³/mol. The highest BCUT2D eigenvalue weighted by Gasteiger charge is 2.44. The number of carbonyl (C=O) groups is 2. The minimum Gasteiger partial charge on any atom is -0.872 e. The quantitative estimate of drug-likeness (QED) is 0.267. The molecule has 10 heteroatoms. The Morgan fingerprint density at radius 3 is 2.29 bits per heavy atom. The first kappa shape index (κ1) is 27.3. The van der Waals surface area contributed by atoms with Gasteiger partial charge in [0.05, 0.1) is 54.2 Å². The first-order valence-electron chi connectivity index (χ1n) is 12.6. The van der Waals surface area contributed by atoms with Crippen molar-refractivity contribution in [1.29, 1.82) is 0 Å². The summed E-state index contributed by atoms with van der Waals surface area (Å²) in [4.78, 5) is 29.6. The fourth-order valence-electron chi connectivity index (χ4n) is 5.04. The SMILES string of the molecule is COc1cccc(C([O-])=C2C(=O)C(=O)N(CCC[NH+]3CCOCC3)C2c2cc(OC)c(OC)c(OC)c2)c1. The highest BCUT2D eigenvalue weighted by atomic mass is 16.5. The van der Waals surface area contributed by atoms with E-state index < -0.39 is 23.5 Å². The van der Waals surface area contributed by atoms with E-state index in [1.807, 2.05) is 0 Å². The summed E-state index contributed by atoms with van der Waals surface area (Å²) in [6, 6.07) is 8.98. The molecule has 2 heterocycles. The van der Waals surface area contributed by atoms with Crippen LogP contribution < -0.4 is 29.0 Å². The van der Waals surface area contributed by atoms with Crippen LogP contribution in [-0.2, 0) is 14.3 Å². The maximum Gasteiger partial charge on any atom is 0.295 e. The summed E-state index contributed by atoms with van der Waals surface area (Å²) >= 11 is 0. The Morgan fingerprint density at radius 1 is 1.00 bits per heavy atom. The van der Waals surface area contributed by atoms with Gasteiger partial charge in [-0.1, -0.05) is 17.9 Å². The summed E-state index contributed by atoms with van der Waals surface area (Å²) < 4.78 is 27.2. The second-order valence-corrected chi connectivity index (χ2v) is 9.13. The number of hydrogen-bond donors (Lipinski definition) is 1. The van der Waals surface area contributed by atoms with Crippen LogP contribution in [0.25, 0.3) is 5.76 Å². The van der Waals surface area contributed by atoms with Crippen molar-refractivity contribution in [2.75, 3.05) is 67.8 Å². The van der Waals surface area contributed by atoms with E-state index in [9.17, 15) is 14.7 Å². The third-order valence-electron chi connectivity index (χ3n) is 6.99. The van der Waals surface area contributed by atoms with Gasteiger partial charge in [0.2, 0.25) is 11.5 Å². The lowest BCUT2D eigenvalue weighted by Crippen LogP contribution is -3.14. The van der Waals surface area contributed by atoms with Gasteiger partial charge in [-0.05, 0) is 35.4 Å². The third-order valence-corrected chi connectivity index (χ3v) is 6.99. The molecule has 1 amide bonds. The van der Waals surface area contributed by atoms with E-state index in [1.165, 1.54) is 38.2 Å². The molecule has 1 unspecified atom stereocenters. The first-order chi connectivity index (χ1) is 18.4. The van der Waals surface area contributed by atoms with E-state index in [4.69, 9.17) is 23.7 Å². The Hall–Kier alpha value is -3.76. The molecule has 2 saturated heterocycles. The number of likely N-dealkylation sites (tertiary alicyclic amines) is 1. The van der Waals surface area contributed by atoms with E-state index >= 15 is 0 Å². The molecule has 0 radical (unpaired) electrons. The molecule has 2 aromatic carbocycles. The number of ether oxygens (including phenoxy) is 5. The Balaban J connectivity index is 1.79. The van der Waals surface area contributed by atoms with Crippen LogP contribution in [0.4, 0.5) is 0 Å². The second-order valence-electron chi connectivity index (χ2n) is 9.13. The van der Waals surface area contributed by atoms with Crippen LogP contribution in [0.15, 0.2) is 42.0 Å². The molecule has 204 valence electrons. The summed E-state index contributed by atoms with van der Waals surface area (Å²) in [6.45, 7) is 4.34. The van der Waals surface area contributed by atoms with E-state index in [-0.39, 0.29) is 11.1 Å². The Kier molecular flexibility index (Phi) is 8.75. The summed E-state index contributed by atoms with van der Waals surface area (Å²) in [6.07, 6.45) is 0.663. The minimum atomic E-state index is -0.915. The summed E-state index contributed by atoms with van der Waals surface area (Å²) in [5.41, 5.74) is 0.664. The topological polar surface area (TPSA) is 111 Å². The molecule has 0 aromatic heterocycles. The molecule has 1 atom stereocenters. The number of benzene rings is 2. The van der Waals surface area contributed by atoms with Crippen LogP contribution >= 0.6 is 0 Å². The number of morpholine rings is 1. The van der Waals surface area contributed by atoms with Crippen molar-refractivity contribution in [3.63, 3.8) is 0 Å². The third kappa shape index (κ3) is 5.41. The molecule has 1 N–H and O–H groups in total. The van der Waals surface area contributed by atoms with Gasteiger partial charge < -0.3 is 38.6 Å². The average Bonchev–Trinajstić information content (AvgIpc) is 3.21. The number of carbonyl (C=O) groups excluding carboxylic acids is 2. The molecule has 0 bridgehead atoms. The van der Waals surface area contributed by atoms with Crippen molar-refractivity contribution in [1.82, 2.24) is 4.90 Å². The molecule has 0 aliphatic carbocycles. The largest absolute Gasteiger partial charge is 0.872 e. The van der Waals surface area contributed by atoms with Gasteiger partial charge in [0, 0.05) is 18.5 Å². The second kappa shape index (κ2) is 12.2. The number of hydrogen-bond acceptors (Lipinski definition) is 8. The van der Waals surface area contributed by atoms with Gasteiger partial charge in [-0.2, -0.15) is 0 Å². The number of amides is 1. The molecule has 2 aliphatic rings. The average molecular weight is 527 g/mol. The maximum absolute atomic E-state index is 13.8. The van der Waals surface area contributed by atoms with Gasteiger partial charge >= 0.3 is 0 Å². The van der Waals surface area contributed by atoms with Crippen LogP contribution in [0.1, 0.15) is 23.6 Å². The Bertz CT molecular complexity index is 1180. The summed E-state index contributed by atoms with van der Waals surface area (Å²) in [7, 11) is 5.96. The van der Waals surface area contributed by atoms with Crippen LogP contribution in [0.5, 0.6) is 23.0 Å². The van der Waals surface area contributed by atoms with Crippen LogP contribution in [-0.4, -0.2) is 84.4 Å².